The number of likely N-dealkylation sites (N-methyl/N-ethyl adjacent to an activating group) is 1. The highest BCUT2D eigenvalue weighted by Crippen LogP contribution is 2.17. The lowest BCUT2D eigenvalue weighted by molar-refractivity contribution is 0.795. The molecule has 0 amide bonds. The van der Waals surface area contributed by atoms with Crippen molar-refractivity contribution < 1.29 is 5.48 Å². The third-order valence-corrected chi connectivity index (χ3v) is 2.10. The quantitative estimate of drug-likeness (QED) is 0.738. The van der Waals surface area contributed by atoms with E-state index < -0.39 is 13.5 Å². The Morgan fingerprint density at radius 3 is 3.38 bits per heavy atom. The minimum atomic E-state index is -2.27. The number of rotatable bonds is 3. The Labute approximate surface area is 83.6 Å². The molecular weight excluding hydrogens is 160 g/mol. The van der Waals surface area contributed by atoms with Crippen molar-refractivity contribution in [2.75, 3.05) is 13.5 Å². The second-order valence-corrected chi connectivity index (χ2v) is 2.91. The first-order valence-corrected chi connectivity index (χ1v) is 4.21. The molecule has 1 atom stereocenters. The Kier molecular flexibility index (Phi) is 1.34. The fourth-order valence-corrected chi connectivity index (χ4v) is 1.46. The van der Waals surface area contributed by atoms with Gasteiger partial charge >= 0.3 is 0 Å². The first-order valence-electron chi connectivity index (χ1n) is 6.28. The Hall–Kier alpha value is -1.28. The van der Waals surface area contributed by atoms with Crippen LogP contribution in [0.5, 0.6) is 0 Å². The van der Waals surface area contributed by atoms with Crippen LogP contribution in [0.25, 0.3) is 10.9 Å². The van der Waals surface area contributed by atoms with Crippen LogP contribution in [0.1, 0.15) is 11.0 Å². The van der Waals surface area contributed by atoms with Gasteiger partial charge in [0.2, 0.25) is 0 Å². The summed E-state index contributed by atoms with van der Waals surface area (Å²) < 4.78 is 28.8. The van der Waals surface area contributed by atoms with Crippen molar-refractivity contribution in [3.63, 3.8) is 0 Å². The standard InChI is InChI=1S/C11H14N2/c1-12-7-6-9-8-13-11-5-3-2-4-10(9)11/h2-5,8,12-13H,6-7H2,1H3/i1D3,7D. The summed E-state index contributed by atoms with van der Waals surface area (Å²) >= 11 is 0. The molecule has 0 radical (unpaired) electrons. The van der Waals surface area contributed by atoms with Crippen LogP contribution in [-0.2, 0) is 6.42 Å². The maximum absolute atomic E-state index is 7.69. The molecule has 2 N–H and O–H groups in total. The predicted octanol–water partition coefficient (Wildman–Crippen LogP) is 1.93. The maximum Gasteiger partial charge on any atom is 0.0456 e. The fraction of sp³-hybridized carbons (Fsp3) is 0.273. The van der Waals surface area contributed by atoms with E-state index in [2.05, 4.69) is 10.3 Å². The van der Waals surface area contributed by atoms with Crippen molar-refractivity contribution in [3.8, 4) is 0 Å². The summed E-state index contributed by atoms with van der Waals surface area (Å²) in [7, 11) is 0. The number of para-hydroxylation sites is 1. The van der Waals surface area contributed by atoms with Crippen LogP contribution in [0.4, 0.5) is 0 Å². The van der Waals surface area contributed by atoms with Gasteiger partial charge in [-0.05, 0) is 31.5 Å². The zero-order valence-electron chi connectivity index (χ0n) is 11.2. The molecule has 2 heteroatoms. The molecular formula is C11H14N2. The van der Waals surface area contributed by atoms with Gasteiger partial charge in [0.1, 0.15) is 0 Å². The van der Waals surface area contributed by atoms with Crippen LogP contribution in [-0.4, -0.2) is 18.5 Å². The van der Waals surface area contributed by atoms with Gasteiger partial charge in [0.05, 0.1) is 0 Å². The molecule has 2 aromatic rings. The molecule has 0 saturated carbocycles. The predicted molar refractivity (Wildman–Crippen MR) is 55.9 cm³/mol. The Morgan fingerprint density at radius 2 is 2.46 bits per heavy atom. The molecule has 1 aromatic heterocycles. The number of aromatic amines is 1. The molecule has 0 aliphatic carbocycles. The lowest BCUT2D eigenvalue weighted by atomic mass is 10.1. The van der Waals surface area contributed by atoms with Gasteiger partial charge in [-0.1, -0.05) is 18.2 Å². The number of fused-ring (bicyclic) bond motifs is 1. The summed E-state index contributed by atoms with van der Waals surface area (Å²) in [4.78, 5) is 3.10. The van der Waals surface area contributed by atoms with Gasteiger partial charge in [-0.3, -0.25) is 0 Å². The van der Waals surface area contributed by atoms with Gasteiger partial charge in [0, 0.05) is 22.6 Å². The molecule has 0 spiro atoms. The van der Waals surface area contributed by atoms with Crippen molar-refractivity contribution in [2.45, 2.75) is 6.42 Å². The molecule has 2 rings (SSSR count). The van der Waals surface area contributed by atoms with Gasteiger partial charge in [-0.15, -0.1) is 0 Å². The van der Waals surface area contributed by atoms with E-state index in [1.165, 1.54) is 0 Å². The molecule has 1 unspecified atom stereocenters. The number of hydrogen-bond acceptors (Lipinski definition) is 1. The van der Waals surface area contributed by atoms with E-state index in [1.54, 1.807) is 0 Å². The topological polar surface area (TPSA) is 27.8 Å². The molecule has 2 nitrogen and oxygen atoms in total. The van der Waals surface area contributed by atoms with Crippen LogP contribution < -0.4 is 5.32 Å². The van der Waals surface area contributed by atoms with Gasteiger partial charge in [-0.2, -0.15) is 0 Å². The second-order valence-electron chi connectivity index (χ2n) is 2.91. The third-order valence-electron chi connectivity index (χ3n) is 2.10. The average Bonchev–Trinajstić information content (AvgIpc) is 2.59. The van der Waals surface area contributed by atoms with E-state index in [0.29, 0.717) is 6.42 Å². The maximum atomic E-state index is 7.69. The van der Waals surface area contributed by atoms with Crippen LogP contribution in [0.2, 0.25) is 0 Å². The highest BCUT2D eigenvalue weighted by atomic mass is 14.8. The van der Waals surface area contributed by atoms with Crippen LogP contribution >= 0.6 is 0 Å². The lowest BCUT2D eigenvalue weighted by Crippen LogP contribution is -2.09. The zero-order valence-corrected chi connectivity index (χ0v) is 7.17. The fourth-order valence-electron chi connectivity index (χ4n) is 1.46. The number of nitrogens with one attached hydrogen (secondary N) is 2. The summed E-state index contributed by atoms with van der Waals surface area (Å²) in [6.45, 7) is -3.10. The van der Waals surface area contributed by atoms with Crippen molar-refractivity contribution in [1.82, 2.24) is 10.3 Å². The molecule has 0 bridgehead atoms. The van der Waals surface area contributed by atoms with E-state index in [1.807, 2.05) is 30.5 Å². The minimum absolute atomic E-state index is 0.363. The first-order chi connectivity index (χ1) is 7.96. The first kappa shape index (κ1) is 4.82. The number of benzene rings is 1. The molecule has 0 saturated heterocycles. The highest BCUT2D eigenvalue weighted by molar-refractivity contribution is 5.82. The van der Waals surface area contributed by atoms with Crippen LogP contribution in [0.15, 0.2) is 30.5 Å². The zero-order chi connectivity index (χ0) is 12.5. The van der Waals surface area contributed by atoms with E-state index in [9.17, 15) is 0 Å². The van der Waals surface area contributed by atoms with E-state index >= 15 is 0 Å². The lowest BCUT2D eigenvalue weighted by Gasteiger charge is -1.97. The Bertz CT molecular complexity index is 503. The summed E-state index contributed by atoms with van der Waals surface area (Å²) in [5.74, 6) is 0. The number of hydrogen-bond donors (Lipinski definition) is 2. The molecule has 0 fully saturated rings. The van der Waals surface area contributed by atoms with Crippen molar-refractivity contribution in [3.05, 3.63) is 36.0 Å². The SMILES string of the molecule is [2H]C(Cc1c[nH]c2ccccc12)NC([2H])([2H])[2H]. The molecule has 13 heavy (non-hydrogen) atoms. The monoisotopic (exact) mass is 178 g/mol. The van der Waals surface area contributed by atoms with E-state index in [4.69, 9.17) is 5.48 Å². The Balaban J connectivity index is 2.13. The normalized spacial score (nSPS) is 18.8. The van der Waals surface area contributed by atoms with Crippen LogP contribution in [0, 0.1) is 0 Å². The number of H-pyrrole nitrogens is 1. The molecule has 0 aliphatic heterocycles. The highest BCUT2D eigenvalue weighted by Gasteiger charge is 2.00. The van der Waals surface area contributed by atoms with Gasteiger partial charge in [0.15, 0.2) is 0 Å². The summed E-state index contributed by atoms with van der Waals surface area (Å²) in [5, 5.41) is 3.31. The van der Waals surface area contributed by atoms with Gasteiger partial charge in [0.25, 0.3) is 0 Å². The summed E-state index contributed by atoms with van der Waals surface area (Å²) in [6, 6.07) is 7.77. The van der Waals surface area contributed by atoms with Gasteiger partial charge < -0.3 is 10.3 Å². The minimum Gasteiger partial charge on any atom is -0.361 e. The number of aromatic nitrogens is 1. The van der Waals surface area contributed by atoms with Crippen molar-refractivity contribution in [2.24, 2.45) is 0 Å². The largest absolute Gasteiger partial charge is 0.361 e. The number of aryl methyl sites for hydroxylation is 1. The Morgan fingerprint density at radius 1 is 1.54 bits per heavy atom. The van der Waals surface area contributed by atoms with Crippen molar-refractivity contribution in [1.29, 1.82) is 0 Å². The molecule has 68 valence electrons. The summed E-state index contributed by atoms with van der Waals surface area (Å²) in [5.41, 5.74) is 1.96. The summed E-state index contributed by atoms with van der Waals surface area (Å²) in [6.07, 6.45) is 2.19. The smallest absolute Gasteiger partial charge is 0.0456 e. The van der Waals surface area contributed by atoms with Crippen molar-refractivity contribution >= 4 is 10.9 Å². The van der Waals surface area contributed by atoms with Gasteiger partial charge in [-0.25, -0.2) is 0 Å². The third kappa shape index (κ3) is 1.58. The average molecular weight is 178 g/mol. The molecule has 1 aromatic carbocycles. The molecule has 1 heterocycles. The second kappa shape index (κ2) is 3.62. The van der Waals surface area contributed by atoms with E-state index in [-0.39, 0.29) is 0 Å². The van der Waals surface area contributed by atoms with E-state index in [0.717, 1.165) is 16.5 Å². The van der Waals surface area contributed by atoms with Crippen LogP contribution in [0.3, 0.4) is 0 Å². The molecule has 0 aliphatic rings.